The van der Waals surface area contributed by atoms with Gasteiger partial charge in [-0.3, -0.25) is 9.59 Å². The van der Waals surface area contributed by atoms with E-state index in [0.717, 1.165) is 21.4 Å². The molecule has 2 amide bonds. The van der Waals surface area contributed by atoms with E-state index in [-0.39, 0.29) is 12.5 Å². The Hall–Kier alpha value is -3.76. The van der Waals surface area contributed by atoms with Crippen molar-refractivity contribution in [1.29, 1.82) is 0 Å². The number of hydrogen-bond donors (Lipinski definition) is 2. The molecular formula is C26H25F6N3O2. The fourth-order valence-electron chi connectivity index (χ4n) is 3.80. The SMILES string of the molecule is CCCNC(=O)C=CC(Cc1c[nH]c2ccccc12)N(C)C(=O)c1cc(C(F)(F)F)cc(C(F)(F)F)c1. The van der Waals surface area contributed by atoms with Crippen molar-refractivity contribution in [1.82, 2.24) is 15.2 Å². The summed E-state index contributed by atoms with van der Waals surface area (Å²) in [5, 5.41) is 3.47. The summed E-state index contributed by atoms with van der Waals surface area (Å²) in [4.78, 5) is 29.4. The number of carbonyl (C=O) groups is 2. The average Bonchev–Trinajstić information content (AvgIpc) is 3.25. The van der Waals surface area contributed by atoms with Gasteiger partial charge in [0.25, 0.3) is 5.91 Å². The van der Waals surface area contributed by atoms with Crippen LogP contribution in [0.25, 0.3) is 10.9 Å². The zero-order chi connectivity index (χ0) is 27.4. The van der Waals surface area contributed by atoms with E-state index in [0.29, 0.717) is 25.1 Å². The normalized spacial score (nSPS) is 13.2. The summed E-state index contributed by atoms with van der Waals surface area (Å²) in [5.41, 5.74) is -2.37. The molecular weight excluding hydrogens is 500 g/mol. The van der Waals surface area contributed by atoms with Gasteiger partial charge in [0.05, 0.1) is 17.2 Å². The number of fused-ring (bicyclic) bond motifs is 1. The van der Waals surface area contributed by atoms with Crippen LogP contribution < -0.4 is 5.32 Å². The van der Waals surface area contributed by atoms with Gasteiger partial charge in [-0.05, 0) is 42.7 Å². The summed E-state index contributed by atoms with van der Waals surface area (Å²) in [6, 6.07) is 7.20. The fourth-order valence-corrected chi connectivity index (χ4v) is 3.80. The van der Waals surface area contributed by atoms with Gasteiger partial charge in [-0.15, -0.1) is 0 Å². The van der Waals surface area contributed by atoms with Gasteiger partial charge in [0.1, 0.15) is 0 Å². The van der Waals surface area contributed by atoms with Crippen molar-refractivity contribution >= 4 is 22.7 Å². The first-order valence-electron chi connectivity index (χ1n) is 11.4. The van der Waals surface area contributed by atoms with Crippen LogP contribution >= 0.6 is 0 Å². The minimum atomic E-state index is -5.09. The number of para-hydroxylation sites is 1. The summed E-state index contributed by atoms with van der Waals surface area (Å²) < 4.78 is 79.9. The Morgan fingerprint density at radius 2 is 1.65 bits per heavy atom. The second-order valence-corrected chi connectivity index (χ2v) is 8.49. The van der Waals surface area contributed by atoms with Crippen LogP contribution in [0.4, 0.5) is 26.3 Å². The topological polar surface area (TPSA) is 65.2 Å². The molecule has 5 nitrogen and oxygen atoms in total. The van der Waals surface area contributed by atoms with Crippen molar-refractivity contribution in [3.05, 3.63) is 83.1 Å². The predicted octanol–water partition coefficient (Wildman–Crippen LogP) is 5.97. The molecule has 3 rings (SSSR count). The summed E-state index contributed by atoms with van der Waals surface area (Å²) in [6.07, 6.45) is -5.03. The monoisotopic (exact) mass is 525 g/mol. The molecule has 0 saturated carbocycles. The van der Waals surface area contributed by atoms with E-state index in [9.17, 15) is 35.9 Å². The Morgan fingerprint density at radius 3 is 2.24 bits per heavy atom. The molecule has 0 aliphatic heterocycles. The summed E-state index contributed by atoms with van der Waals surface area (Å²) in [5.74, 6) is -1.50. The first-order chi connectivity index (χ1) is 17.3. The number of alkyl halides is 6. The van der Waals surface area contributed by atoms with Crippen LogP contribution in [0.1, 0.15) is 40.4 Å². The van der Waals surface area contributed by atoms with Gasteiger partial charge in [0, 0.05) is 42.3 Å². The van der Waals surface area contributed by atoms with Crippen LogP contribution in [0.3, 0.4) is 0 Å². The minimum Gasteiger partial charge on any atom is -0.361 e. The van der Waals surface area contributed by atoms with Gasteiger partial charge in [-0.1, -0.05) is 31.2 Å². The van der Waals surface area contributed by atoms with Gasteiger partial charge in [0.2, 0.25) is 5.91 Å². The number of nitrogens with one attached hydrogen (secondary N) is 2. The van der Waals surface area contributed by atoms with E-state index < -0.39 is 46.9 Å². The number of benzene rings is 2. The minimum absolute atomic E-state index is 0.0296. The molecule has 1 atom stereocenters. The van der Waals surface area contributed by atoms with E-state index in [4.69, 9.17) is 0 Å². The molecule has 3 aromatic rings. The lowest BCUT2D eigenvalue weighted by Crippen LogP contribution is -2.38. The molecule has 11 heteroatoms. The van der Waals surface area contributed by atoms with Crippen LogP contribution in [0.5, 0.6) is 0 Å². The van der Waals surface area contributed by atoms with Crippen molar-refractivity contribution in [2.45, 2.75) is 38.2 Å². The number of aromatic nitrogens is 1. The molecule has 1 unspecified atom stereocenters. The third-order valence-electron chi connectivity index (χ3n) is 5.78. The first-order valence-corrected chi connectivity index (χ1v) is 11.4. The molecule has 0 bridgehead atoms. The molecule has 1 aromatic heterocycles. The fraction of sp³-hybridized carbons (Fsp3) is 0.308. The first kappa shape index (κ1) is 27.8. The van der Waals surface area contributed by atoms with Gasteiger partial charge in [-0.25, -0.2) is 0 Å². The molecule has 0 radical (unpaired) electrons. The second kappa shape index (κ2) is 11.1. The number of aromatic amines is 1. The molecule has 0 saturated heterocycles. The van der Waals surface area contributed by atoms with Crippen LogP contribution in [-0.2, 0) is 23.6 Å². The third-order valence-corrected chi connectivity index (χ3v) is 5.78. The highest BCUT2D eigenvalue weighted by molar-refractivity contribution is 5.95. The van der Waals surface area contributed by atoms with Crippen LogP contribution in [0.2, 0.25) is 0 Å². The lowest BCUT2D eigenvalue weighted by molar-refractivity contribution is -0.143. The summed E-state index contributed by atoms with van der Waals surface area (Å²) in [7, 11) is 1.27. The van der Waals surface area contributed by atoms with Crippen LogP contribution in [-0.4, -0.2) is 41.3 Å². The molecule has 198 valence electrons. The Balaban J connectivity index is 2.00. The molecule has 0 aliphatic rings. The van der Waals surface area contributed by atoms with Crippen molar-refractivity contribution in [2.75, 3.05) is 13.6 Å². The van der Waals surface area contributed by atoms with Gasteiger partial charge in [-0.2, -0.15) is 26.3 Å². The summed E-state index contributed by atoms with van der Waals surface area (Å²) >= 11 is 0. The highest BCUT2D eigenvalue weighted by Crippen LogP contribution is 2.36. The Kier molecular flexibility index (Phi) is 8.35. The van der Waals surface area contributed by atoms with E-state index in [2.05, 4.69) is 10.3 Å². The maximum absolute atomic E-state index is 13.3. The molecule has 2 N–H and O–H groups in total. The Labute approximate surface area is 209 Å². The summed E-state index contributed by atoms with van der Waals surface area (Å²) in [6.45, 7) is 2.27. The van der Waals surface area contributed by atoms with Crippen LogP contribution in [0.15, 0.2) is 60.8 Å². The smallest absolute Gasteiger partial charge is 0.361 e. The number of halogens is 6. The van der Waals surface area contributed by atoms with Crippen LogP contribution in [0, 0.1) is 0 Å². The zero-order valence-electron chi connectivity index (χ0n) is 20.0. The largest absolute Gasteiger partial charge is 0.416 e. The zero-order valence-corrected chi connectivity index (χ0v) is 20.0. The van der Waals surface area contributed by atoms with Gasteiger partial charge >= 0.3 is 12.4 Å². The molecule has 0 fully saturated rings. The molecule has 0 spiro atoms. The maximum atomic E-state index is 13.3. The van der Waals surface area contributed by atoms with E-state index >= 15 is 0 Å². The standard InChI is InChI=1S/C26H25F6N3O2/c1-3-10-33-23(36)9-8-20(13-17-15-34-22-7-5-4-6-21(17)22)35(2)24(37)16-11-18(25(27,28)29)14-19(12-16)26(30,31)32/h4-9,11-12,14-15,20,34H,3,10,13H2,1-2H3,(H,33,36). The molecule has 1 heterocycles. The van der Waals surface area contributed by atoms with Crippen molar-refractivity contribution in [3.63, 3.8) is 0 Å². The maximum Gasteiger partial charge on any atom is 0.416 e. The number of nitrogens with zero attached hydrogens (tertiary/aromatic N) is 1. The molecule has 0 aliphatic carbocycles. The van der Waals surface area contributed by atoms with E-state index in [1.54, 1.807) is 12.3 Å². The molecule has 2 aromatic carbocycles. The Bertz CT molecular complexity index is 1260. The number of carbonyl (C=O) groups excluding carboxylic acids is 2. The lowest BCUT2D eigenvalue weighted by atomic mass is 10.0. The lowest BCUT2D eigenvalue weighted by Gasteiger charge is -2.27. The third kappa shape index (κ3) is 6.93. The van der Waals surface area contributed by atoms with Gasteiger partial charge in [0.15, 0.2) is 0 Å². The average molecular weight is 525 g/mol. The van der Waals surface area contributed by atoms with E-state index in [1.807, 2.05) is 25.1 Å². The van der Waals surface area contributed by atoms with E-state index in [1.165, 1.54) is 19.2 Å². The predicted molar refractivity (Wildman–Crippen MR) is 127 cm³/mol. The number of amides is 2. The number of likely N-dealkylation sites (N-methyl/N-ethyl adjacent to an activating group) is 1. The molecule has 37 heavy (non-hydrogen) atoms. The van der Waals surface area contributed by atoms with Crippen molar-refractivity contribution in [2.24, 2.45) is 0 Å². The van der Waals surface area contributed by atoms with Crippen molar-refractivity contribution < 1.29 is 35.9 Å². The van der Waals surface area contributed by atoms with Crippen molar-refractivity contribution in [3.8, 4) is 0 Å². The highest BCUT2D eigenvalue weighted by Gasteiger charge is 2.38. The van der Waals surface area contributed by atoms with Gasteiger partial charge < -0.3 is 15.2 Å². The number of H-pyrrole nitrogens is 1. The number of hydrogen-bond acceptors (Lipinski definition) is 2. The quantitative estimate of drug-likeness (QED) is 0.281. The second-order valence-electron chi connectivity index (χ2n) is 8.49. The Morgan fingerprint density at radius 1 is 1.03 bits per heavy atom. The number of rotatable bonds is 8. The highest BCUT2D eigenvalue weighted by atomic mass is 19.4.